The van der Waals surface area contributed by atoms with Crippen LogP contribution in [-0.2, 0) is 14.3 Å². The van der Waals surface area contributed by atoms with Crippen LogP contribution in [-0.4, -0.2) is 18.0 Å². The van der Waals surface area contributed by atoms with E-state index in [0.717, 1.165) is 0 Å². The van der Waals surface area contributed by atoms with Crippen molar-refractivity contribution >= 4 is 23.5 Å². The van der Waals surface area contributed by atoms with Gasteiger partial charge in [0.15, 0.2) is 6.07 Å². The first-order valence-corrected chi connectivity index (χ1v) is 3.61. The summed E-state index contributed by atoms with van der Waals surface area (Å²) >= 11 is 5.07. The van der Waals surface area contributed by atoms with Crippen LogP contribution < -0.4 is 5.11 Å². The minimum absolute atomic E-state index is 0.0701. The lowest BCUT2D eigenvalue weighted by Gasteiger charge is -2.00. The number of carbonyl (C=O) groups is 2. The number of hydrogen-bond donors (Lipinski definition) is 0. The summed E-state index contributed by atoms with van der Waals surface area (Å²) in [6.07, 6.45) is 0.177. The van der Waals surface area contributed by atoms with Crippen molar-refractivity contribution in [1.82, 2.24) is 0 Å². The molecule has 0 heterocycles. The Hall–Kier alpha value is -0.770. The first kappa shape index (κ1) is 10.2. The molecule has 0 spiro atoms. The van der Waals surface area contributed by atoms with Gasteiger partial charge in [-0.15, -0.1) is 0 Å². The van der Waals surface area contributed by atoms with Gasteiger partial charge in [0.2, 0.25) is 0 Å². The fourth-order valence-electron chi connectivity index (χ4n) is 0.510. The summed E-state index contributed by atoms with van der Waals surface area (Å²) in [5.41, 5.74) is 0. The van der Waals surface area contributed by atoms with Gasteiger partial charge >= 0.3 is 5.97 Å². The van der Waals surface area contributed by atoms with E-state index in [4.69, 9.17) is 11.6 Å². The van der Waals surface area contributed by atoms with Gasteiger partial charge in [-0.1, -0.05) is 11.6 Å². The molecular weight excluding hydrogens is 172 g/mol. The summed E-state index contributed by atoms with van der Waals surface area (Å²) in [7, 11) is 0. The molecule has 0 aliphatic heterocycles. The van der Waals surface area contributed by atoms with Gasteiger partial charge in [0, 0.05) is 12.4 Å². The summed E-state index contributed by atoms with van der Waals surface area (Å²) < 4.78 is 4.34. The molecule has 0 atom stereocenters. The third-order valence-corrected chi connectivity index (χ3v) is 1.09. The summed E-state index contributed by atoms with van der Waals surface area (Å²) in [5.74, 6) is -1.65. The highest BCUT2D eigenvalue weighted by Crippen LogP contribution is 1.96. The highest BCUT2D eigenvalue weighted by atomic mass is 35.5. The predicted molar refractivity (Wildman–Crippen MR) is 35.7 cm³/mol. The van der Waals surface area contributed by atoms with Crippen LogP contribution in [0.5, 0.6) is 0 Å². The molecule has 0 aromatic rings. The van der Waals surface area contributed by atoms with Crippen LogP contribution in [0.3, 0.4) is 0 Å². The van der Waals surface area contributed by atoms with Crippen LogP contribution >= 0.6 is 11.6 Å². The Morgan fingerprint density at radius 2 is 2.00 bits per heavy atom. The second-order valence-electron chi connectivity index (χ2n) is 1.85. The lowest BCUT2D eigenvalue weighted by molar-refractivity contribution is -0.305. The fraction of sp³-hybridized carbons (Fsp3) is 0.667. The van der Waals surface area contributed by atoms with Crippen molar-refractivity contribution < 1.29 is 19.4 Å². The molecule has 0 radical (unpaired) electrons. The molecule has 0 saturated carbocycles. The second-order valence-corrected chi connectivity index (χ2v) is 2.07. The van der Waals surface area contributed by atoms with E-state index in [0.29, 0.717) is 0 Å². The van der Waals surface area contributed by atoms with E-state index in [1.165, 1.54) is 0 Å². The Balaban J connectivity index is 3.24. The van der Waals surface area contributed by atoms with Gasteiger partial charge in [0.1, 0.15) is 0 Å². The number of rotatable bonds is 5. The van der Waals surface area contributed by atoms with E-state index in [2.05, 4.69) is 4.74 Å². The molecule has 0 bridgehead atoms. The largest absolute Gasteiger partial charge is 0.550 e. The highest BCUT2D eigenvalue weighted by molar-refractivity contribution is 6.17. The average Bonchev–Trinajstić information content (AvgIpc) is 1.87. The van der Waals surface area contributed by atoms with Gasteiger partial charge in [0.25, 0.3) is 0 Å². The monoisotopic (exact) mass is 179 g/mol. The number of carboxylic acid groups (broad SMARTS) is 1. The molecule has 0 amide bonds. The molecule has 0 fully saturated rings. The Bertz CT molecular complexity index is 146. The number of carboxylic acids is 1. The Morgan fingerprint density at radius 1 is 1.36 bits per heavy atom. The zero-order chi connectivity index (χ0) is 8.69. The van der Waals surface area contributed by atoms with Gasteiger partial charge in [-0.3, -0.25) is 4.79 Å². The summed E-state index contributed by atoms with van der Waals surface area (Å²) in [6, 6.07) is -0.190. The Kier molecular flexibility index (Phi) is 5.56. The van der Waals surface area contributed by atoms with Crippen molar-refractivity contribution in [3.8, 4) is 0 Å². The molecule has 0 aromatic carbocycles. The lowest BCUT2D eigenvalue weighted by Crippen LogP contribution is -2.21. The number of carbonyl (C=O) groups excluding carboxylic acids is 2. The van der Waals surface area contributed by atoms with Crippen LogP contribution in [0.15, 0.2) is 0 Å². The van der Waals surface area contributed by atoms with E-state index in [1.807, 2.05) is 0 Å². The normalized spacial score (nSPS) is 9.18. The van der Waals surface area contributed by atoms with E-state index >= 15 is 0 Å². The van der Waals surface area contributed by atoms with Crippen LogP contribution in [0.2, 0.25) is 0 Å². The molecule has 0 rings (SSSR count). The number of hydrogen-bond acceptors (Lipinski definition) is 4. The van der Waals surface area contributed by atoms with Crippen molar-refractivity contribution in [3.63, 3.8) is 0 Å². The van der Waals surface area contributed by atoms with E-state index in [-0.39, 0.29) is 25.3 Å². The molecule has 0 unspecified atom stereocenters. The number of halogens is 1. The van der Waals surface area contributed by atoms with Gasteiger partial charge < -0.3 is 14.6 Å². The maximum absolute atomic E-state index is 10.5. The Morgan fingerprint density at radius 3 is 2.45 bits per heavy atom. The molecule has 0 saturated heterocycles. The van der Waals surface area contributed by atoms with Gasteiger partial charge in [-0.05, 0) is 12.8 Å². The van der Waals surface area contributed by atoms with Crippen LogP contribution in [0.25, 0.3) is 0 Å². The third-order valence-electron chi connectivity index (χ3n) is 0.977. The number of esters is 1. The second kappa shape index (κ2) is 5.97. The SMILES string of the molecule is O=C([O-])CCCC(=O)OCCl. The van der Waals surface area contributed by atoms with Crippen molar-refractivity contribution in [2.75, 3.05) is 6.07 Å². The zero-order valence-electron chi connectivity index (χ0n) is 5.84. The molecule has 4 nitrogen and oxygen atoms in total. The summed E-state index contributed by atoms with van der Waals surface area (Å²) in [4.78, 5) is 20.4. The topological polar surface area (TPSA) is 66.4 Å². The Labute approximate surface area is 69.1 Å². The van der Waals surface area contributed by atoms with Crippen molar-refractivity contribution in [3.05, 3.63) is 0 Å². The van der Waals surface area contributed by atoms with E-state index in [1.54, 1.807) is 0 Å². The van der Waals surface area contributed by atoms with Crippen molar-refractivity contribution in [1.29, 1.82) is 0 Å². The quantitative estimate of drug-likeness (QED) is 0.427. The zero-order valence-corrected chi connectivity index (χ0v) is 6.60. The van der Waals surface area contributed by atoms with Gasteiger partial charge in [-0.25, -0.2) is 0 Å². The fourth-order valence-corrected chi connectivity index (χ4v) is 0.632. The summed E-state index contributed by atoms with van der Waals surface area (Å²) in [5, 5.41) is 9.85. The maximum Gasteiger partial charge on any atom is 0.306 e. The number of ether oxygens (including phenoxy) is 1. The standard InChI is InChI=1S/C6H9ClO4/c7-4-11-6(10)3-1-2-5(8)9/h1-4H2,(H,8,9)/p-1. The molecule has 0 N–H and O–H groups in total. The van der Waals surface area contributed by atoms with Crippen LogP contribution in [0.4, 0.5) is 0 Å². The highest BCUT2D eigenvalue weighted by Gasteiger charge is 2.00. The lowest BCUT2D eigenvalue weighted by atomic mass is 10.2. The van der Waals surface area contributed by atoms with Crippen molar-refractivity contribution in [2.24, 2.45) is 0 Å². The van der Waals surface area contributed by atoms with E-state index in [9.17, 15) is 14.7 Å². The molecule has 0 aliphatic carbocycles. The minimum atomic E-state index is -1.16. The first-order chi connectivity index (χ1) is 5.16. The molecule has 0 aromatic heterocycles. The van der Waals surface area contributed by atoms with Crippen molar-refractivity contribution in [2.45, 2.75) is 19.3 Å². The molecule has 5 heteroatoms. The van der Waals surface area contributed by atoms with Crippen LogP contribution in [0.1, 0.15) is 19.3 Å². The number of aliphatic carboxylic acids is 1. The average molecular weight is 180 g/mol. The molecule has 11 heavy (non-hydrogen) atoms. The first-order valence-electron chi connectivity index (χ1n) is 3.08. The van der Waals surface area contributed by atoms with Gasteiger partial charge in [-0.2, -0.15) is 0 Å². The van der Waals surface area contributed by atoms with E-state index < -0.39 is 11.9 Å². The van der Waals surface area contributed by atoms with Gasteiger partial charge in [0.05, 0.1) is 0 Å². The summed E-state index contributed by atoms with van der Waals surface area (Å²) in [6.45, 7) is 0. The smallest absolute Gasteiger partial charge is 0.306 e. The predicted octanol–water partition coefficient (Wildman–Crippen LogP) is -0.354. The number of alkyl halides is 1. The molecule has 0 aliphatic rings. The molecular formula is C6H8ClO4-. The molecule has 64 valence electrons. The minimum Gasteiger partial charge on any atom is -0.550 e. The third kappa shape index (κ3) is 7.12. The maximum atomic E-state index is 10.5. The van der Waals surface area contributed by atoms with Crippen LogP contribution in [0, 0.1) is 0 Å².